The van der Waals surface area contributed by atoms with Gasteiger partial charge in [0.2, 0.25) is 0 Å². The second-order valence-electron chi connectivity index (χ2n) is 4.11. The highest BCUT2D eigenvalue weighted by atomic mass is 16.5. The molecule has 0 aromatic rings. The summed E-state index contributed by atoms with van der Waals surface area (Å²) in [4.78, 5) is 0. The van der Waals surface area contributed by atoms with Crippen molar-refractivity contribution in [2.24, 2.45) is 21.7 Å². The molecule has 8 nitrogen and oxygen atoms in total. The number of amidine groups is 2. The number of rotatable bonds is 5. The van der Waals surface area contributed by atoms with E-state index in [-0.39, 0.29) is 5.84 Å². The van der Waals surface area contributed by atoms with Crippen LogP contribution in [0.5, 0.6) is 0 Å². The first-order chi connectivity index (χ1) is 7.04. The molecule has 0 rings (SSSR count). The molecule has 0 aromatic carbocycles. The van der Waals surface area contributed by atoms with Gasteiger partial charge in [-0.15, -0.1) is 0 Å². The van der Waals surface area contributed by atoms with Crippen molar-refractivity contribution in [2.45, 2.75) is 38.1 Å². The zero-order valence-electron chi connectivity index (χ0n) is 9.52. The second-order valence-corrected chi connectivity index (χ2v) is 4.11. The third-order valence-corrected chi connectivity index (χ3v) is 2.21. The molecule has 0 amide bonds. The molecule has 0 heterocycles. The molecule has 0 aromatic heterocycles. The summed E-state index contributed by atoms with van der Waals surface area (Å²) in [5, 5.41) is 39.9. The van der Waals surface area contributed by atoms with Crippen LogP contribution >= 0.6 is 0 Å². The van der Waals surface area contributed by atoms with Gasteiger partial charge >= 0.3 is 0 Å². The lowest BCUT2D eigenvalue weighted by atomic mass is 10.0. The van der Waals surface area contributed by atoms with Gasteiger partial charge in [0, 0.05) is 0 Å². The van der Waals surface area contributed by atoms with Gasteiger partial charge in [-0.3, -0.25) is 10.8 Å². The van der Waals surface area contributed by atoms with Crippen molar-refractivity contribution in [1.82, 2.24) is 0 Å². The molecule has 0 fully saturated rings. The third-order valence-electron chi connectivity index (χ3n) is 2.21. The summed E-state index contributed by atoms with van der Waals surface area (Å²) in [6, 6.07) is 0. The molecule has 8 N–H and O–H groups in total. The van der Waals surface area contributed by atoms with E-state index in [9.17, 15) is 0 Å². The maximum absolute atomic E-state index is 9.07. The van der Waals surface area contributed by atoms with E-state index in [4.69, 9.17) is 32.5 Å². The Bertz CT molecular complexity index is 324. The Labute approximate surface area is 93.4 Å². The summed E-state index contributed by atoms with van der Waals surface area (Å²) in [7, 11) is 0. The van der Waals surface area contributed by atoms with E-state index in [0.29, 0.717) is 0 Å². The Hall–Kier alpha value is -1.54. The van der Waals surface area contributed by atoms with Crippen LogP contribution in [0.3, 0.4) is 0 Å². The maximum Gasteiger partial charge on any atom is 0.186 e. The van der Waals surface area contributed by atoms with Gasteiger partial charge in [0.15, 0.2) is 11.8 Å². The number of aliphatic hydroxyl groups excluding tert-OH is 1. The number of hydrogen-bond acceptors (Lipinski definition) is 6. The van der Waals surface area contributed by atoms with Gasteiger partial charge in [-0.2, -0.15) is 10.2 Å². The predicted molar refractivity (Wildman–Crippen MR) is 59.4 cm³/mol. The molecule has 0 radical (unpaired) electrons. The molecule has 0 saturated heterocycles. The lowest BCUT2D eigenvalue weighted by molar-refractivity contribution is -0.0720. The Kier molecular flexibility index (Phi) is 4.10. The summed E-state index contributed by atoms with van der Waals surface area (Å²) >= 11 is 0. The SMILES string of the molecule is CC(C)(N=NC(C)(C(=N)N)C(O)O)C(=N)N. The fraction of sp³-hybridized carbons (Fsp3) is 0.750. The molecule has 8 heteroatoms. The summed E-state index contributed by atoms with van der Waals surface area (Å²) in [6.45, 7) is 4.31. The van der Waals surface area contributed by atoms with E-state index >= 15 is 0 Å². The van der Waals surface area contributed by atoms with Crippen LogP contribution in [0.25, 0.3) is 0 Å². The number of nitrogens with two attached hydrogens (primary N) is 2. The summed E-state index contributed by atoms with van der Waals surface area (Å²) in [6.07, 6.45) is -1.95. The van der Waals surface area contributed by atoms with Crippen molar-refractivity contribution in [2.75, 3.05) is 0 Å². The molecule has 0 bridgehead atoms. The zero-order chi connectivity index (χ0) is 13.1. The molecular weight excluding hydrogens is 212 g/mol. The highest BCUT2D eigenvalue weighted by Crippen LogP contribution is 2.18. The van der Waals surface area contributed by atoms with E-state index in [2.05, 4.69) is 10.2 Å². The van der Waals surface area contributed by atoms with Crippen LogP contribution in [0, 0.1) is 10.8 Å². The minimum Gasteiger partial charge on any atom is -0.386 e. The molecular formula is C8H18N6O2. The van der Waals surface area contributed by atoms with Crippen molar-refractivity contribution in [1.29, 1.82) is 10.8 Å². The van der Waals surface area contributed by atoms with Crippen LogP contribution in [0.2, 0.25) is 0 Å². The van der Waals surface area contributed by atoms with Gasteiger partial charge in [-0.25, -0.2) is 0 Å². The highest BCUT2D eigenvalue weighted by Gasteiger charge is 2.37. The molecule has 92 valence electrons. The Balaban J connectivity index is 5.13. The smallest absolute Gasteiger partial charge is 0.186 e. The topological polar surface area (TPSA) is 165 Å². The fourth-order valence-electron chi connectivity index (χ4n) is 0.527. The van der Waals surface area contributed by atoms with Gasteiger partial charge in [0.05, 0.1) is 0 Å². The Morgan fingerprint density at radius 1 is 1.06 bits per heavy atom. The van der Waals surface area contributed by atoms with Crippen molar-refractivity contribution < 1.29 is 10.2 Å². The summed E-state index contributed by atoms with van der Waals surface area (Å²) < 4.78 is 0. The van der Waals surface area contributed by atoms with Gasteiger partial charge in [-0.1, -0.05) is 0 Å². The van der Waals surface area contributed by atoms with Gasteiger partial charge in [0.1, 0.15) is 17.2 Å². The Morgan fingerprint density at radius 3 is 1.75 bits per heavy atom. The van der Waals surface area contributed by atoms with E-state index in [0.717, 1.165) is 0 Å². The Morgan fingerprint density at radius 2 is 1.50 bits per heavy atom. The number of nitrogens with one attached hydrogen (secondary N) is 2. The molecule has 0 aliphatic rings. The first kappa shape index (κ1) is 14.5. The molecule has 1 atom stereocenters. The van der Waals surface area contributed by atoms with Gasteiger partial charge < -0.3 is 21.7 Å². The number of aliphatic hydroxyl groups is 2. The molecule has 0 aliphatic carbocycles. The number of hydrogen-bond donors (Lipinski definition) is 6. The highest BCUT2D eigenvalue weighted by molar-refractivity contribution is 5.88. The normalized spacial score (nSPS) is 16.4. The van der Waals surface area contributed by atoms with E-state index < -0.39 is 23.2 Å². The minimum atomic E-state index is -1.95. The summed E-state index contributed by atoms with van der Waals surface area (Å²) in [5.74, 6) is -0.764. The van der Waals surface area contributed by atoms with Crippen molar-refractivity contribution in [3.63, 3.8) is 0 Å². The zero-order valence-corrected chi connectivity index (χ0v) is 9.52. The lowest BCUT2D eigenvalue weighted by Gasteiger charge is -2.26. The maximum atomic E-state index is 9.07. The largest absolute Gasteiger partial charge is 0.386 e. The van der Waals surface area contributed by atoms with E-state index in [1.165, 1.54) is 20.8 Å². The predicted octanol–water partition coefficient (Wildman–Crippen LogP) is -0.841. The van der Waals surface area contributed by atoms with Crippen molar-refractivity contribution in [3.05, 3.63) is 0 Å². The molecule has 0 spiro atoms. The van der Waals surface area contributed by atoms with Crippen molar-refractivity contribution in [3.8, 4) is 0 Å². The lowest BCUT2D eigenvalue weighted by Crippen LogP contribution is -2.49. The minimum absolute atomic E-state index is 0.227. The van der Waals surface area contributed by atoms with Crippen LogP contribution in [0.15, 0.2) is 10.2 Å². The quantitative estimate of drug-likeness (QED) is 0.157. The van der Waals surface area contributed by atoms with Gasteiger partial charge in [-0.05, 0) is 20.8 Å². The average molecular weight is 230 g/mol. The van der Waals surface area contributed by atoms with Crippen LogP contribution in [-0.4, -0.2) is 39.3 Å². The second kappa shape index (κ2) is 4.54. The molecule has 16 heavy (non-hydrogen) atoms. The molecule has 0 aliphatic heterocycles. The first-order valence-corrected chi connectivity index (χ1v) is 4.53. The monoisotopic (exact) mass is 230 g/mol. The van der Waals surface area contributed by atoms with Crippen LogP contribution in [0.4, 0.5) is 0 Å². The molecule has 1 unspecified atom stereocenters. The number of nitrogens with zero attached hydrogens (tertiary/aromatic N) is 2. The molecule has 0 saturated carbocycles. The van der Waals surface area contributed by atoms with E-state index in [1.807, 2.05) is 0 Å². The van der Waals surface area contributed by atoms with E-state index in [1.54, 1.807) is 0 Å². The standard InChI is InChI=1S/C8H18N6O2/c1-7(2,4(9)10)13-14-8(3,5(11)12)6(15)16/h6,15-16H,1-3H3,(H3,9,10)(H3,11,12). The average Bonchev–Trinajstić information content (AvgIpc) is 2.13. The van der Waals surface area contributed by atoms with Crippen LogP contribution in [0.1, 0.15) is 20.8 Å². The van der Waals surface area contributed by atoms with Crippen LogP contribution in [-0.2, 0) is 0 Å². The first-order valence-electron chi connectivity index (χ1n) is 4.53. The number of azo groups is 1. The van der Waals surface area contributed by atoms with Gasteiger partial charge in [0.25, 0.3) is 0 Å². The summed E-state index contributed by atoms with van der Waals surface area (Å²) in [5.41, 5.74) is 7.67. The third kappa shape index (κ3) is 2.97. The fourth-order valence-corrected chi connectivity index (χ4v) is 0.527. The van der Waals surface area contributed by atoms with Crippen molar-refractivity contribution >= 4 is 11.7 Å². The van der Waals surface area contributed by atoms with Crippen LogP contribution < -0.4 is 11.5 Å².